The lowest BCUT2D eigenvalue weighted by Gasteiger charge is -2.29. The van der Waals surface area contributed by atoms with Gasteiger partial charge in [-0.1, -0.05) is 13.3 Å². The highest BCUT2D eigenvalue weighted by atomic mass is 16.5. The summed E-state index contributed by atoms with van der Waals surface area (Å²) in [6, 6.07) is 3.96. The number of nitrogens with zero attached hydrogens (tertiary/aromatic N) is 2. The Morgan fingerprint density at radius 3 is 2.65 bits per heavy atom. The van der Waals surface area contributed by atoms with Crippen LogP contribution in [0.25, 0.3) is 6.08 Å². The monoisotopic (exact) mass is 425 g/mol. The first-order valence-corrected chi connectivity index (χ1v) is 11.5. The molecule has 0 radical (unpaired) electrons. The van der Waals surface area contributed by atoms with Gasteiger partial charge in [0, 0.05) is 24.0 Å². The number of ether oxygens (including phenoxy) is 1. The van der Waals surface area contributed by atoms with Gasteiger partial charge in [-0.05, 0) is 88.8 Å². The Labute approximate surface area is 185 Å². The molecule has 2 aliphatic rings. The number of aromatic nitrogens is 1. The van der Waals surface area contributed by atoms with Crippen LogP contribution in [0.5, 0.6) is 0 Å². The third kappa shape index (κ3) is 5.03. The zero-order valence-corrected chi connectivity index (χ0v) is 19.4. The molecular formula is C25H35N3O3. The zero-order chi connectivity index (χ0) is 22.7. The van der Waals surface area contributed by atoms with Crippen LogP contribution >= 0.6 is 0 Å². The SMILES string of the molecule is CCCn1c(C)cc(/C=C(/C#N)C(=O)O[C@H](C)C(=O)N[C@H](C)[C@@H]2C[C@@H]3CC[C@@H]2C3)c1C. The third-order valence-electron chi connectivity index (χ3n) is 7.16. The van der Waals surface area contributed by atoms with Gasteiger partial charge in [0.1, 0.15) is 11.6 Å². The van der Waals surface area contributed by atoms with E-state index in [1.807, 2.05) is 32.9 Å². The van der Waals surface area contributed by atoms with Crippen molar-refractivity contribution in [2.24, 2.45) is 17.8 Å². The van der Waals surface area contributed by atoms with Gasteiger partial charge in [0.05, 0.1) is 0 Å². The molecule has 0 aliphatic heterocycles. The molecule has 2 fully saturated rings. The van der Waals surface area contributed by atoms with Gasteiger partial charge < -0.3 is 14.6 Å². The summed E-state index contributed by atoms with van der Waals surface area (Å²) in [5.41, 5.74) is 2.81. The summed E-state index contributed by atoms with van der Waals surface area (Å²) < 4.78 is 7.50. The zero-order valence-electron chi connectivity index (χ0n) is 19.4. The summed E-state index contributed by atoms with van der Waals surface area (Å²) in [6.45, 7) is 10.6. The van der Waals surface area contributed by atoms with Gasteiger partial charge in [-0.3, -0.25) is 4.79 Å². The lowest BCUT2D eigenvalue weighted by molar-refractivity contribution is -0.151. The summed E-state index contributed by atoms with van der Waals surface area (Å²) >= 11 is 0. The first-order valence-electron chi connectivity index (χ1n) is 11.5. The maximum Gasteiger partial charge on any atom is 0.349 e. The van der Waals surface area contributed by atoms with E-state index in [0.717, 1.165) is 35.8 Å². The predicted octanol–water partition coefficient (Wildman–Crippen LogP) is 4.29. The van der Waals surface area contributed by atoms with E-state index in [0.29, 0.717) is 11.8 Å². The Balaban J connectivity index is 1.61. The van der Waals surface area contributed by atoms with Crippen LogP contribution in [0.15, 0.2) is 11.6 Å². The van der Waals surface area contributed by atoms with Gasteiger partial charge in [0.25, 0.3) is 5.91 Å². The van der Waals surface area contributed by atoms with E-state index >= 15 is 0 Å². The molecule has 1 amide bonds. The highest BCUT2D eigenvalue weighted by molar-refractivity contribution is 5.99. The van der Waals surface area contributed by atoms with Gasteiger partial charge in [0.15, 0.2) is 6.10 Å². The van der Waals surface area contributed by atoms with Crippen LogP contribution in [0, 0.1) is 42.9 Å². The Hall–Kier alpha value is -2.55. The molecule has 2 saturated carbocycles. The topological polar surface area (TPSA) is 84.1 Å². The van der Waals surface area contributed by atoms with Gasteiger partial charge in [-0.25, -0.2) is 4.79 Å². The minimum atomic E-state index is -0.946. The van der Waals surface area contributed by atoms with Crippen LogP contribution in [0.4, 0.5) is 0 Å². The number of carbonyl (C=O) groups excluding carboxylic acids is 2. The lowest BCUT2D eigenvalue weighted by atomic mass is 9.84. The first-order chi connectivity index (χ1) is 14.7. The first kappa shape index (κ1) is 23.1. The molecule has 0 spiro atoms. The number of nitrogens with one attached hydrogen (secondary N) is 1. The van der Waals surface area contributed by atoms with Crippen LogP contribution in [-0.4, -0.2) is 28.6 Å². The quantitative estimate of drug-likeness (QED) is 0.382. The largest absolute Gasteiger partial charge is 0.448 e. The second-order valence-electron chi connectivity index (χ2n) is 9.33. The average molecular weight is 426 g/mol. The summed E-state index contributed by atoms with van der Waals surface area (Å²) in [5, 5.41) is 12.5. The number of carbonyl (C=O) groups is 2. The molecule has 0 saturated heterocycles. The smallest absolute Gasteiger partial charge is 0.349 e. The number of esters is 1. The van der Waals surface area contributed by atoms with Crippen molar-refractivity contribution in [2.75, 3.05) is 0 Å². The van der Waals surface area contributed by atoms with E-state index in [1.165, 1.54) is 25.7 Å². The van der Waals surface area contributed by atoms with E-state index in [1.54, 1.807) is 13.0 Å². The van der Waals surface area contributed by atoms with Crippen LogP contribution < -0.4 is 5.32 Å². The molecule has 2 bridgehead atoms. The summed E-state index contributed by atoms with van der Waals surface area (Å²) in [6.07, 6.45) is 6.65. The van der Waals surface area contributed by atoms with Crippen molar-refractivity contribution in [3.8, 4) is 6.07 Å². The van der Waals surface area contributed by atoms with Crippen LogP contribution in [0.2, 0.25) is 0 Å². The molecule has 0 unspecified atom stereocenters. The Kier molecular flexibility index (Phi) is 7.25. The second-order valence-corrected chi connectivity index (χ2v) is 9.33. The van der Waals surface area contributed by atoms with Gasteiger partial charge in [0.2, 0.25) is 0 Å². The minimum absolute atomic E-state index is 0.0684. The van der Waals surface area contributed by atoms with Gasteiger partial charge in [-0.2, -0.15) is 5.26 Å². The Bertz CT molecular complexity index is 908. The molecule has 6 heteroatoms. The number of amides is 1. The van der Waals surface area contributed by atoms with E-state index in [2.05, 4.69) is 16.8 Å². The molecule has 0 aromatic carbocycles. The molecule has 1 N–H and O–H groups in total. The van der Waals surface area contributed by atoms with Crippen LogP contribution in [-0.2, 0) is 20.9 Å². The number of rotatable bonds is 8. The van der Waals surface area contributed by atoms with Crippen molar-refractivity contribution in [3.63, 3.8) is 0 Å². The summed E-state index contributed by atoms with van der Waals surface area (Å²) in [7, 11) is 0. The van der Waals surface area contributed by atoms with Crippen molar-refractivity contribution in [1.82, 2.24) is 9.88 Å². The van der Waals surface area contributed by atoms with Crippen molar-refractivity contribution in [1.29, 1.82) is 5.26 Å². The maximum atomic E-state index is 12.6. The third-order valence-corrected chi connectivity index (χ3v) is 7.16. The standard InChI is InChI=1S/C25H35N3O3/c1-6-9-28-15(2)10-21(17(28)4)13-22(14-26)25(30)31-18(5)24(29)27-16(3)23-12-19-7-8-20(23)11-19/h10,13,16,18-20,23H,6-9,11-12H2,1-5H3,(H,27,29)/b22-13-/t16-,18-,19-,20-,23+/m1/s1. The van der Waals surface area contributed by atoms with Crippen LogP contribution in [0.1, 0.15) is 69.8 Å². The Morgan fingerprint density at radius 1 is 1.32 bits per heavy atom. The highest BCUT2D eigenvalue weighted by Crippen LogP contribution is 2.49. The summed E-state index contributed by atoms with van der Waals surface area (Å²) in [4.78, 5) is 25.2. The molecular weight excluding hydrogens is 390 g/mol. The number of aryl methyl sites for hydroxylation is 1. The predicted molar refractivity (Wildman–Crippen MR) is 120 cm³/mol. The number of nitriles is 1. The van der Waals surface area contributed by atoms with Crippen molar-refractivity contribution < 1.29 is 14.3 Å². The average Bonchev–Trinajstić information content (AvgIpc) is 3.43. The Morgan fingerprint density at radius 2 is 2.06 bits per heavy atom. The molecule has 3 rings (SSSR count). The minimum Gasteiger partial charge on any atom is -0.448 e. The normalized spacial score (nSPS) is 24.5. The van der Waals surface area contributed by atoms with Crippen molar-refractivity contribution in [3.05, 3.63) is 28.6 Å². The van der Waals surface area contributed by atoms with E-state index in [9.17, 15) is 14.9 Å². The molecule has 31 heavy (non-hydrogen) atoms. The van der Waals surface area contributed by atoms with E-state index < -0.39 is 12.1 Å². The fourth-order valence-corrected chi connectivity index (χ4v) is 5.47. The number of hydrogen-bond acceptors (Lipinski definition) is 4. The van der Waals surface area contributed by atoms with Crippen molar-refractivity contribution >= 4 is 18.0 Å². The van der Waals surface area contributed by atoms with Gasteiger partial charge >= 0.3 is 5.97 Å². The van der Waals surface area contributed by atoms with E-state index in [-0.39, 0.29) is 17.5 Å². The molecule has 1 aromatic rings. The number of hydrogen-bond donors (Lipinski definition) is 1. The molecule has 5 atom stereocenters. The highest BCUT2D eigenvalue weighted by Gasteiger charge is 2.42. The summed E-state index contributed by atoms with van der Waals surface area (Å²) in [5.74, 6) is 0.962. The molecule has 2 aliphatic carbocycles. The fourth-order valence-electron chi connectivity index (χ4n) is 5.47. The van der Waals surface area contributed by atoms with E-state index in [4.69, 9.17) is 4.74 Å². The van der Waals surface area contributed by atoms with Crippen LogP contribution in [0.3, 0.4) is 0 Å². The second kappa shape index (κ2) is 9.72. The molecule has 1 aromatic heterocycles. The molecule has 1 heterocycles. The molecule has 168 valence electrons. The fraction of sp³-hybridized carbons (Fsp3) is 0.640. The lowest BCUT2D eigenvalue weighted by Crippen LogP contribution is -2.45. The van der Waals surface area contributed by atoms with Crippen molar-refractivity contribution in [2.45, 2.75) is 85.4 Å². The molecule has 6 nitrogen and oxygen atoms in total. The maximum absolute atomic E-state index is 12.6. The van der Waals surface area contributed by atoms with Gasteiger partial charge in [-0.15, -0.1) is 0 Å². The number of fused-ring (bicyclic) bond motifs is 2.